The molecule has 2 aromatic carbocycles. The second kappa shape index (κ2) is 8.61. The summed E-state index contributed by atoms with van der Waals surface area (Å²) in [6, 6.07) is 13.6. The van der Waals surface area contributed by atoms with Crippen LogP contribution in [0.2, 0.25) is 0 Å². The van der Waals surface area contributed by atoms with E-state index in [2.05, 4.69) is 5.32 Å². The molecule has 0 radical (unpaired) electrons. The Morgan fingerprint density at radius 2 is 1.85 bits per heavy atom. The predicted molar refractivity (Wildman–Crippen MR) is 99.9 cm³/mol. The van der Waals surface area contributed by atoms with E-state index in [4.69, 9.17) is 14.2 Å². The molecule has 0 bridgehead atoms. The molecular formula is C21H25NO4. The Bertz CT molecular complexity index is 742. The van der Waals surface area contributed by atoms with E-state index in [1.54, 1.807) is 0 Å². The summed E-state index contributed by atoms with van der Waals surface area (Å²) in [6.07, 6.45) is 1.11. The molecule has 1 atom stereocenters. The summed E-state index contributed by atoms with van der Waals surface area (Å²) in [5.41, 5.74) is 2.20. The fraction of sp³-hybridized carbons (Fsp3) is 0.381. The summed E-state index contributed by atoms with van der Waals surface area (Å²) in [5, 5.41) is 3.02. The fourth-order valence-corrected chi connectivity index (χ4v) is 2.78. The van der Waals surface area contributed by atoms with Gasteiger partial charge in [-0.3, -0.25) is 4.79 Å². The van der Waals surface area contributed by atoms with Gasteiger partial charge in [-0.25, -0.2) is 0 Å². The molecule has 1 heterocycles. The Labute approximate surface area is 154 Å². The van der Waals surface area contributed by atoms with Gasteiger partial charge in [-0.1, -0.05) is 23.8 Å². The van der Waals surface area contributed by atoms with Gasteiger partial charge in [-0.2, -0.15) is 0 Å². The Balaban J connectivity index is 1.42. The normalized spacial score (nSPS) is 13.8. The molecule has 5 nitrogen and oxygen atoms in total. The van der Waals surface area contributed by atoms with Crippen LogP contribution in [0.25, 0.3) is 0 Å². The van der Waals surface area contributed by atoms with Crippen molar-refractivity contribution in [3.8, 4) is 17.2 Å². The zero-order valence-corrected chi connectivity index (χ0v) is 15.3. The maximum atomic E-state index is 12.1. The highest BCUT2D eigenvalue weighted by Gasteiger charge is 2.15. The SMILES string of the molecule is Cc1ccc(OCCCC(=O)N[C@@H](C)c2ccc3c(c2)OCCO3)cc1. The molecule has 1 aliphatic heterocycles. The number of fused-ring (bicyclic) bond motifs is 1. The van der Waals surface area contributed by atoms with E-state index >= 15 is 0 Å². The van der Waals surface area contributed by atoms with Crippen LogP contribution >= 0.6 is 0 Å². The lowest BCUT2D eigenvalue weighted by molar-refractivity contribution is -0.121. The Kier molecular flexibility index (Phi) is 6.00. The van der Waals surface area contributed by atoms with E-state index in [1.807, 2.05) is 56.3 Å². The molecule has 1 N–H and O–H groups in total. The zero-order chi connectivity index (χ0) is 18.4. The van der Waals surface area contributed by atoms with Crippen LogP contribution in [0, 0.1) is 6.92 Å². The van der Waals surface area contributed by atoms with Crippen molar-refractivity contribution in [2.75, 3.05) is 19.8 Å². The molecule has 0 unspecified atom stereocenters. The van der Waals surface area contributed by atoms with Crippen molar-refractivity contribution in [1.82, 2.24) is 5.32 Å². The molecule has 26 heavy (non-hydrogen) atoms. The van der Waals surface area contributed by atoms with Crippen LogP contribution in [0.15, 0.2) is 42.5 Å². The van der Waals surface area contributed by atoms with Crippen LogP contribution in [-0.4, -0.2) is 25.7 Å². The highest BCUT2D eigenvalue weighted by atomic mass is 16.6. The number of ether oxygens (including phenoxy) is 3. The molecule has 5 heteroatoms. The third kappa shape index (κ3) is 4.91. The molecule has 3 rings (SSSR count). The average molecular weight is 355 g/mol. The average Bonchev–Trinajstić information content (AvgIpc) is 2.66. The van der Waals surface area contributed by atoms with Crippen molar-refractivity contribution < 1.29 is 19.0 Å². The second-order valence-corrected chi connectivity index (χ2v) is 6.46. The van der Waals surface area contributed by atoms with Gasteiger partial charge in [0.1, 0.15) is 19.0 Å². The maximum absolute atomic E-state index is 12.1. The number of amides is 1. The molecule has 0 aromatic heterocycles. The van der Waals surface area contributed by atoms with Crippen LogP contribution in [0.4, 0.5) is 0 Å². The quantitative estimate of drug-likeness (QED) is 0.768. The minimum atomic E-state index is -0.0867. The number of hydrogen-bond acceptors (Lipinski definition) is 4. The number of hydrogen-bond donors (Lipinski definition) is 1. The highest BCUT2D eigenvalue weighted by Crippen LogP contribution is 2.32. The summed E-state index contributed by atoms with van der Waals surface area (Å²) in [4.78, 5) is 12.1. The van der Waals surface area contributed by atoms with E-state index in [0.717, 1.165) is 22.8 Å². The molecule has 0 saturated heterocycles. The fourth-order valence-electron chi connectivity index (χ4n) is 2.78. The zero-order valence-electron chi connectivity index (χ0n) is 15.3. The Morgan fingerprint density at radius 1 is 1.12 bits per heavy atom. The number of benzene rings is 2. The first kappa shape index (κ1) is 18.1. The van der Waals surface area contributed by atoms with Crippen molar-refractivity contribution in [3.05, 3.63) is 53.6 Å². The van der Waals surface area contributed by atoms with Crippen LogP contribution in [0.3, 0.4) is 0 Å². The van der Waals surface area contributed by atoms with Gasteiger partial charge in [0.05, 0.1) is 12.6 Å². The largest absolute Gasteiger partial charge is 0.494 e. The molecule has 0 spiro atoms. The molecule has 1 amide bonds. The van der Waals surface area contributed by atoms with Crippen molar-refractivity contribution in [3.63, 3.8) is 0 Å². The van der Waals surface area contributed by atoms with Gasteiger partial charge in [0.15, 0.2) is 11.5 Å². The summed E-state index contributed by atoms with van der Waals surface area (Å²) in [6.45, 7) is 5.65. The maximum Gasteiger partial charge on any atom is 0.220 e. The van der Waals surface area contributed by atoms with Gasteiger partial charge >= 0.3 is 0 Å². The van der Waals surface area contributed by atoms with Crippen LogP contribution in [0.5, 0.6) is 17.2 Å². The lowest BCUT2D eigenvalue weighted by Crippen LogP contribution is -2.27. The number of nitrogens with one attached hydrogen (secondary N) is 1. The van der Waals surface area contributed by atoms with Gasteiger partial charge < -0.3 is 19.5 Å². The molecule has 138 valence electrons. The van der Waals surface area contributed by atoms with Crippen molar-refractivity contribution in [1.29, 1.82) is 0 Å². The van der Waals surface area contributed by atoms with Gasteiger partial charge in [-0.05, 0) is 50.1 Å². The van der Waals surface area contributed by atoms with Gasteiger partial charge in [0.2, 0.25) is 5.91 Å². The minimum Gasteiger partial charge on any atom is -0.494 e. The number of rotatable bonds is 7. The van der Waals surface area contributed by atoms with Gasteiger partial charge in [0, 0.05) is 6.42 Å². The molecule has 0 aliphatic carbocycles. The summed E-state index contributed by atoms with van der Waals surface area (Å²) in [5.74, 6) is 2.34. The van der Waals surface area contributed by atoms with E-state index in [0.29, 0.717) is 32.7 Å². The Morgan fingerprint density at radius 3 is 2.62 bits per heavy atom. The molecule has 0 fully saturated rings. The summed E-state index contributed by atoms with van der Waals surface area (Å²) >= 11 is 0. The van der Waals surface area contributed by atoms with E-state index in [1.165, 1.54) is 5.56 Å². The minimum absolute atomic E-state index is 0.0138. The first-order chi connectivity index (χ1) is 12.6. The highest BCUT2D eigenvalue weighted by molar-refractivity contribution is 5.76. The van der Waals surface area contributed by atoms with Crippen LogP contribution in [0.1, 0.15) is 36.9 Å². The van der Waals surface area contributed by atoms with Crippen LogP contribution < -0.4 is 19.5 Å². The predicted octanol–water partition coefficient (Wildman–Crippen LogP) is 3.80. The summed E-state index contributed by atoms with van der Waals surface area (Å²) < 4.78 is 16.8. The topological polar surface area (TPSA) is 56.8 Å². The first-order valence-corrected chi connectivity index (χ1v) is 9.00. The second-order valence-electron chi connectivity index (χ2n) is 6.46. The lowest BCUT2D eigenvalue weighted by Gasteiger charge is -2.21. The van der Waals surface area contributed by atoms with Crippen molar-refractivity contribution in [2.24, 2.45) is 0 Å². The van der Waals surface area contributed by atoms with Gasteiger partial charge in [-0.15, -0.1) is 0 Å². The van der Waals surface area contributed by atoms with E-state index < -0.39 is 0 Å². The third-order valence-corrected chi connectivity index (χ3v) is 4.28. The number of aryl methyl sites for hydroxylation is 1. The van der Waals surface area contributed by atoms with Crippen LogP contribution in [-0.2, 0) is 4.79 Å². The Hall–Kier alpha value is -2.69. The third-order valence-electron chi connectivity index (χ3n) is 4.28. The first-order valence-electron chi connectivity index (χ1n) is 9.00. The monoisotopic (exact) mass is 355 g/mol. The molecule has 2 aromatic rings. The molecule has 0 saturated carbocycles. The van der Waals surface area contributed by atoms with Crippen molar-refractivity contribution >= 4 is 5.91 Å². The molecule has 1 aliphatic rings. The van der Waals surface area contributed by atoms with E-state index in [-0.39, 0.29) is 11.9 Å². The summed E-state index contributed by atoms with van der Waals surface area (Å²) in [7, 11) is 0. The molecular weight excluding hydrogens is 330 g/mol. The number of carbonyl (C=O) groups is 1. The van der Waals surface area contributed by atoms with Crippen molar-refractivity contribution in [2.45, 2.75) is 32.7 Å². The van der Waals surface area contributed by atoms with E-state index in [9.17, 15) is 4.79 Å². The number of carbonyl (C=O) groups excluding carboxylic acids is 1. The standard InChI is InChI=1S/C21H25NO4/c1-15-5-8-18(9-6-15)24-11-3-4-21(23)22-16(2)17-7-10-19-20(14-17)26-13-12-25-19/h5-10,14,16H,3-4,11-13H2,1-2H3,(H,22,23)/t16-/m0/s1. The van der Waals surface area contributed by atoms with Gasteiger partial charge in [0.25, 0.3) is 0 Å². The lowest BCUT2D eigenvalue weighted by atomic mass is 10.1. The smallest absolute Gasteiger partial charge is 0.220 e.